The summed E-state index contributed by atoms with van der Waals surface area (Å²) in [6, 6.07) is 17.1. The van der Waals surface area contributed by atoms with E-state index in [2.05, 4.69) is 27.6 Å². The maximum atomic E-state index is 13.2. The number of nitrogens with zero attached hydrogens (tertiary/aromatic N) is 3. The Bertz CT molecular complexity index is 1030. The molecule has 0 spiro atoms. The lowest BCUT2D eigenvalue weighted by Crippen LogP contribution is -2.29. The molecule has 1 aromatic heterocycles. The second kappa shape index (κ2) is 7.87. The monoisotopic (exact) mass is 390 g/mol. The number of nitrogens with one attached hydrogen (secondary N) is 1. The van der Waals surface area contributed by atoms with Gasteiger partial charge >= 0.3 is 0 Å². The largest absolute Gasteiger partial charge is 0.339 e. The Morgan fingerprint density at radius 2 is 1.83 bits per heavy atom. The Morgan fingerprint density at radius 1 is 1.07 bits per heavy atom. The van der Waals surface area contributed by atoms with Gasteiger partial charge in [0.05, 0.1) is 5.92 Å². The molecule has 1 fully saturated rings. The van der Waals surface area contributed by atoms with Crippen molar-refractivity contribution < 1.29 is 14.1 Å². The number of anilines is 1. The Morgan fingerprint density at radius 3 is 2.52 bits per heavy atom. The summed E-state index contributed by atoms with van der Waals surface area (Å²) < 4.78 is 5.45. The molecule has 1 aliphatic rings. The van der Waals surface area contributed by atoms with E-state index in [1.807, 2.05) is 23.1 Å². The van der Waals surface area contributed by atoms with E-state index < -0.39 is 0 Å². The molecule has 1 N–H and O–H groups in total. The van der Waals surface area contributed by atoms with Crippen LogP contribution in [-0.2, 0) is 4.79 Å². The van der Waals surface area contributed by atoms with Crippen LogP contribution in [0.3, 0.4) is 0 Å². The number of amides is 2. The van der Waals surface area contributed by atoms with Crippen molar-refractivity contribution in [2.45, 2.75) is 25.7 Å². The third-order valence-electron chi connectivity index (χ3n) is 5.13. The predicted octanol–water partition coefficient (Wildman–Crippen LogP) is 3.36. The normalized spacial score (nSPS) is 18.6. The molecular formula is C22H22N4O3. The average Bonchev–Trinajstić information content (AvgIpc) is 3.34. The van der Waals surface area contributed by atoms with Crippen LogP contribution >= 0.6 is 0 Å². The van der Waals surface area contributed by atoms with Crippen molar-refractivity contribution in [1.82, 2.24) is 15.0 Å². The van der Waals surface area contributed by atoms with Crippen molar-refractivity contribution in [2.24, 2.45) is 0 Å². The van der Waals surface area contributed by atoms with Gasteiger partial charge in [-0.25, -0.2) is 0 Å². The van der Waals surface area contributed by atoms with Gasteiger partial charge in [0.1, 0.15) is 0 Å². The first-order chi connectivity index (χ1) is 14.0. The number of hydrogen-bond donors (Lipinski definition) is 1. The van der Waals surface area contributed by atoms with Crippen LogP contribution in [0, 0.1) is 6.92 Å². The summed E-state index contributed by atoms with van der Waals surface area (Å²) in [5, 5.41) is 6.65. The topological polar surface area (TPSA) is 88.3 Å². The molecule has 148 valence electrons. The number of likely N-dealkylation sites (tertiary alicyclic amines) is 1. The SMILES string of the molecule is CC(=O)Nc1cccc(C(=O)N2CC(c3ccccc3)C(c3nc(C)no3)C2)c1. The smallest absolute Gasteiger partial charge is 0.253 e. The molecule has 0 bridgehead atoms. The molecule has 7 heteroatoms. The van der Waals surface area contributed by atoms with E-state index in [1.165, 1.54) is 6.92 Å². The van der Waals surface area contributed by atoms with E-state index in [4.69, 9.17) is 4.52 Å². The number of aromatic nitrogens is 2. The van der Waals surface area contributed by atoms with Crippen molar-refractivity contribution in [1.29, 1.82) is 0 Å². The van der Waals surface area contributed by atoms with Crippen molar-refractivity contribution in [3.8, 4) is 0 Å². The van der Waals surface area contributed by atoms with Crippen LogP contribution in [0.25, 0.3) is 0 Å². The van der Waals surface area contributed by atoms with E-state index in [9.17, 15) is 9.59 Å². The summed E-state index contributed by atoms with van der Waals surface area (Å²) >= 11 is 0. The molecule has 1 saturated heterocycles. The standard InChI is InChI=1S/C22H22N4O3/c1-14-23-21(29-25-14)20-13-26(12-19(20)16-7-4-3-5-8-16)22(28)17-9-6-10-18(11-17)24-15(2)27/h3-11,19-20H,12-13H2,1-2H3,(H,24,27). The van der Waals surface area contributed by atoms with Crippen LogP contribution in [0.1, 0.15) is 46.4 Å². The van der Waals surface area contributed by atoms with Crippen LogP contribution < -0.4 is 5.32 Å². The lowest BCUT2D eigenvalue weighted by atomic mass is 9.89. The highest BCUT2D eigenvalue weighted by molar-refractivity contribution is 5.97. The first-order valence-electron chi connectivity index (χ1n) is 9.53. The number of benzene rings is 2. The summed E-state index contributed by atoms with van der Waals surface area (Å²) in [5.41, 5.74) is 2.27. The van der Waals surface area contributed by atoms with Gasteiger partial charge in [-0.2, -0.15) is 4.98 Å². The number of rotatable bonds is 4. The first kappa shape index (κ1) is 18.9. The zero-order chi connectivity index (χ0) is 20.4. The van der Waals surface area contributed by atoms with Gasteiger partial charge in [0.25, 0.3) is 5.91 Å². The number of aryl methyl sites for hydroxylation is 1. The molecule has 2 atom stereocenters. The summed E-state index contributed by atoms with van der Waals surface area (Å²) in [6.45, 7) is 4.27. The summed E-state index contributed by atoms with van der Waals surface area (Å²) in [4.78, 5) is 30.7. The summed E-state index contributed by atoms with van der Waals surface area (Å²) in [5.74, 6) is 0.876. The van der Waals surface area contributed by atoms with Gasteiger partial charge in [0.2, 0.25) is 11.8 Å². The molecule has 4 rings (SSSR count). The van der Waals surface area contributed by atoms with E-state index >= 15 is 0 Å². The van der Waals surface area contributed by atoms with Gasteiger partial charge in [0, 0.05) is 37.2 Å². The van der Waals surface area contributed by atoms with Crippen LogP contribution in [0.15, 0.2) is 59.1 Å². The number of carbonyl (C=O) groups excluding carboxylic acids is 2. The molecule has 3 aromatic rings. The molecule has 29 heavy (non-hydrogen) atoms. The fourth-order valence-electron chi connectivity index (χ4n) is 3.84. The lowest BCUT2D eigenvalue weighted by Gasteiger charge is -2.17. The van der Waals surface area contributed by atoms with Gasteiger partial charge in [-0.1, -0.05) is 41.6 Å². The zero-order valence-corrected chi connectivity index (χ0v) is 16.3. The summed E-state index contributed by atoms with van der Waals surface area (Å²) in [7, 11) is 0. The number of carbonyl (C=O) groups is 2. The minimum atomic E-state index is -0.174. The highest BCUT2D eigenvalue weighted by Gasteiger charge is 2.40. The lowest BCUT2D eigenvalue weighted by molar-refractivity contribution is -0.114. The first-order valence-corrected chi connectivity index (χ1v) is 9.53. The van der Waals surface area contributed by atoms with Crippen LogP contribution in [0.5, 0.6) is 0 Å². The van der Waals surface area contributed by atoms with Crippen molar-refractivity contribution in [3.63, 3.8) is 0 Å². The predicted molar refractivity (Wildman–Crippen MR) is 108 cm³/mol. The molecule has 7 nitrogen and oxygen atoms in total. The van der Waals surface area contributed by atoms with Gasteiger partial charge < -0.3 is 14.7 Å². The maximum absolute atomic E-state index is 13.2. The van der Waals surface area contributed by atoms with Crippen LogP contribution in [0.4, 0.5) is 5.69 Å². The minimum absolute atomic E-state index is 0.0681. The van der Waals surface area contributed by atoms with E-state index in [1.54, 1.807) is 31.2 Å². The Kier molecular flexibility index (Phi) is 5.12. The van der Waals surface area contributed by atoms with Crippen molar-refractivity contribution in [2.75, 3.05) is 18.4 Å². The zero-order valence-electron chi connectivity index (χ0n) is 16.3. The van der Waals surface area contributed by atoms with Crippen molar-refractivity contribution in [3.05, 3.63) is 77.4 Å². The van der Waals surface area contributed by atoms with Gasteiger partial charge in [-0.3, -0.25) is 9.59 Å². The molecule has 0 radical (unpaired) electrons. The summed E-state index contributed by atoms with van der Waals surface area (Å²) in [6.07, 6.45) is 0. The fraction of sp³-hybridized carbons (Fsp3) is 0.273. The minimum Gasteiger partial charge on any atom is -0.339 e. The second-order valence-electron chi connectivity index (χ2n) is 7.28. The van der Waals surface area contributed by atoms with Crippen LogP contribution in [0.2, 0.25) is 0 Å². The molecule has 2 amide bonds. The second-order valence-corrected chi connectivity index (χ2v) is 7.28. The van der Waals surface area contributed by atoms with Crippen molar-refractivity contribution >= 4 is 17.5 Å². The quantitative estimate of drug-likeness (QED) is 0.738. The molecule has 0 saturated carbocycles. The van der Waals surface area contributed by atoms with E-state index in [0.717, 1.165) is 5.56 Å². The van der Waals surface area contributed by atoms with Gasteiger partial charge in [-0.15, -0.1) is 0 Å². The molecular weight excluding hydrogens is 368 g/mol. The Hall–Kier alpha value is -3.48. The maximum Gasteiger partial charge on any atom is 0.253 e. The fourth-order valence-corrected chi connectivity index (χ4v) is 3.84. The molecule has 2 heterocycles. The highest BCUT2D eigenvalue weighted by atomic mass is 16.5. The van der Waals surface area contributed by atoms with E-state index in [-0.39, 0.29) is 23.7 Å². The van der Waals surface area contributed by atoms with Crippen LogP contribution in [-0.4, -0.2) is 39.9 Å². The molecule has 0 aliphatic carbocycles. The molecule has 2 aromatic carbocycles. The van der Waals surface area contributed by atoms with Gasteiger partial charge in [0.15, 0.2) is 5.82 Å². The third-order valence-corrected chi connectivity index (χ3v) is 5.13. The van der Waals surface area contributed by atoms with E-state index in [0.29, 0.717) is 36.1 Å². The Labute approximate surface area is 168 Å². The molecule has 1 aliphatic heterocycles. The van der Waals surface area contributed by atoms with Gasteiger partial charge in [-0.05, 0) is 30.7 Å². The highest BCUT2D eigenvalue weighted by Crippen LogP contribution is 2.39. The number of hydrogen-bond acceptors (Lipinski definition) is 5. The Balaban J connectivity index is 1.62. The third kappa shape index (κ3) is 4.03. The average molecular weight is 390 g/mol. The molecule has 2 unspecified atom stereocenters.